The van der Waals surface area contributed by atoms with Crippen LogP contribution >= 0.6 is 11.5 Å². The topological polar surface area (TPSA) is 69.6 Å². The van der Waals surface area contributed by atoms with Gasteiger partial charge < -0.3 is 14.7 Å². The SMILES string of the molecule is Cc1nnsc1C(=O)N1CCN(c2ccc(F)cc2)CC1C(=O)N(C)C. The molecule has 26 heavy (non-hydrogen) atoms. The van der Waals surface area contributed by atoms with E-state index in [1.807, 2.05) is 4.90 Å². The lowest BCUT2D eigenvalue weighted by Crippen LogP contribution is -2.60. The monoisotopic (exact) mass is 377 g/mol. The number of halogens is 1. The highest BCUT2D eigenvalue weighted by Crippen LogP contribution is 2.23. The van der Waals surface area contributed by atoms with Crippen molar-refractivity contribution in [1.82, 2.24) is 19.4 Å². The molecule has 0 saturated carbocycles. The smallest absolute Gasteiger partial charge is 0.268 e. The summed E-state index contributed by atoms with van der Waals surface area (Å²) in [4.78, 5) is 31.2. The van der Waals surface area contributed by atoms with Crippen LogP contribution in [0.2, 0.25) is 0 Å². The van der Waals surface area contributed by atoms with E-state index in [1.54, 1.807) is 38.1 Å². The van der Waals surface area contributed by atoms with Crippen molar-refractivity contribution in [2.45, 2.75) is 13.0 Å². The Balaban J connectivity index is 1.86. The third-order valence-electron chi connectivity index (χ3n) is 4.40. The largest absolute Gasteiger partial charge is 0.367 e. The Labute approximate surface area is 155 Å². The zero-order chi connectivity index (χ0) is 18.8. The fourth-order valence-electron chi connectivity index (χ4n) is 2.98. The van der Waals surface area contributed by atoms with Crippen molar-refractivity contribution >= 4 is 29.0 Å². The maximum atomic E-state index is 13.2. The molecule has 1 aromatic carbocycles. The standard InChI is InChI=1S/C17H20FN5O2S/c1-11-15(26-20-19-11)17(25)23-9-8-22(10-14(23)16(24)21(2)3)13-6-4-12(18)5-7-13/h4-7,14H,8-10H2,1-3H3. The number of hydrogen-bond acceptors (Lipinski definition) is 6. The number of likely N-dealkylation sites (N-methyl/N-ethyl adjacent to an activating group) is 1. The number of carbonyl (C=O) groups excluding carboxylic acids is 2. The molecule has 1 aliphatic heterocycles. The summed E-state index contributed by atoms with van der Waals surface area (Å²) in [7, 11) is 3.34. The van der Waals surface area contributed by atoms with Gasteiger partial charge in [0, 0.05) is 39.4 Å². The van der Waals surface area contributed by atoms with Gasteiger partial charge in [0.05, 0.1) is 5.69 Å². The number of nitrogens with zero attached hydrogens (tertiary/aromatic N) is 5. The number of aryl methyl sites for hydroxylation is 1. The van der Waals surface area contributed by atoms with Crippen LogP contribution in [0.1, 0.15) is 15.4 Å². The molecule has 1 saturated heterocycles. The highest BCUT2D eigenvalue weighted by atomic mass is 32.1. The van der Waals surface area contributed by atoms with Gasteiger partial charge in [-0.05, 0) is 42.7 Å². The highest BCUT2D eigenvalue weighted by Gasteiger charge is 2.37. The van der Waals surface area contributed by atoms with Gasteiger partial charge in [-0.25, -0.2) is 4.39 Å². The number of piperazine rings is 1. The van der Waals surface area contributed by atoms with Crippen LogP contribution in [0.25, 0.3) is 0 Å². The second-order valence-corrected chi connectivity index (χ2v) is 7.11. The summed E-state index contributed by atoms with van der Waals surface area (Å²) in [6.07, 6.45) is 0. The van der Waals surface area contributed by atoms with Crippen molar-refractivity contribution in [1.29, 1.82) is 0 Å². The van der Waals surface area contributed by atoms with Gasteiger partial charge in [0.15, 0.2) is 0 Å². The zero-order valence-electron chi connectivity index (χ0n) is 14.8. The quantitative estimate of drug-likeness (QED) is 0.809. The number of anilines is 1. The molecule has 1 unspecified atom stereocenters. The summed E-state index contributed by atoms with van der Waals surface area (Å²) < 4.78 is 17.0. The minimum Gasteiger partial charge on any atom is -0.367 e. The number of amides is 2. The first kappa shape index (κ1) is 18.2. The molecule has 2 heterocycles. The average molecular weight is 377 g/mol. The summed E-state index contributed by atoms with van der Waals surface area (Å²) in [5.41, 5.74) is 1.39. The van der Waals surface area contributed by atoms with E-state index >= 15 is 0 Å². The van der Waals surface area contributed by atoms with Crippen LogP contribution in [0.5, 0.6) is 0 Å². The maximum Gasteiger partial charge on any atom is 0.268 e. The molecule has 1 aromatic heterocycles. The summed E-state index contributed by atoms with van der Waals surface area (Å²) in [5, 5.41) is 3.89. The first-order valence-corrected chi connectivity index (χ1v) is 8.97. The van der Waals surface area contributed by atoms with Gasteiger partial charge in [0.1, 0.15) is 16.7 Å². The van der Waals surface area contributed by atoms with Crippen LogP contribution in [0, 0.1) is 12.7 Å². The van der Waals surface area contributed by atoms with E-state index in [2.05, 4.69) is 9.59 Å². The van der Waals surface area contributed by atoms with E-state index in [9.17, 15) is 14.0 Å². The Morgan fingerprint density at radius 1 is 1.23 bits per heavy atom. The Morgan fingerprint density at radius 2 is 1.92 bits per heavy atom. The normalized spacial score (nSPS) is 17.3. The molecule has 1 fully saturated rings. The van der Waals surface area contributed by atoms with Crippen molar-refractivity contribution < 1.29 is 14.0 Å². The van der Waals surface area contributed by atoms with Gasteiger partial charge >= 0.3 is 0 Å². The molecular formula is C17H20FN5O2S. The lowest BCUT2D eigenvalue weighted by molar-refractivity contribution is -0.133. The number of aromatic nitrogens is 2. The number of hydrogen-bond donors (Lipinski definition) is 0. The molecule has 0 N–H and O–H groups in total. The zero-order valence-corrected chi connectivity index (χ0v) is 15.7. The summed E-state index contributed by atoms with van der Waals surface area (Å²) >= 11 is 1.04. The number of rotatable bonds is 3. The van der Waals surface area contributed by atoms with Gasteiger partial charge in [-0.1, -0.05) is 4.49 Å². The Kier molecular flexibility index (Phi) is 5.17. The number of carbonyl (C=O) groups is 2. The van der Waals surface area contributed by atoms with Crippen LogP contribution < -0.4 is 4.90 Å². The molecule has 1 aliphatic rings. The van der Waals surface area contributed by atoms with Crippen LogP contribution in [0.4, 0.5) is 10.1 Å². The van der Waals surface area contributed by atoms with Crippen molar-refractivity contribution in [2.75, 3.05) is 38.6 Å². The molecule has 1 atom stereocenters. The molecule has 138 valence electrons. The molecule has 3 rings (SSSR count). The predicted octanol–water partition coefficient (Wildman–Crippen LogP) is 1.40. The highest BCUT2D eigenvalue weighted by molar-refractivity contribution is 7.08. The molecular weight excluding hydrogens is 357 g/mol. The van der Waals surface area contributed by atoms with Gasteiger partial charge in [-0.15, -0.1) is 5.10 Å². The van der Waals surface area contributed by atoms with E-state index < -0.39 is 6.04 Å². The molecule has 0 spiro atoms. The average Bonchev–Trinajstić information content (AvgIpc) is 3.06. The predicted molar refractivity (Wildman–Crippen MR) is 96.8 cm³/mol. The fraction of sp³-hybridized carbons (Fsp3) is 0.412. The van der Waals surface area contributed by atoms with E-state index in [-0.39, 0.29) is 17.6 Å². The summed E-state index contributed by atoms with van der Waals surface area (Å²) in [6.45, 7) is 3.02. The van der Waals surface area contributed by atoms with Crippen molar-refractivity contribution in [3.63, 3.8) is 0 Å². The van der Waals surface area contributed by atoms with Crippen molar-refractivity contribution in [3.05, 3.63) is 40.7 Å². The first-order chi connectivity index (χ1) is 12.4. The Morgan fingerprint density at radius 3 is 2.50 bits per heavy atom. The molecule has 0 radical (unpaired) electrons. The van der Waals surface area contributed by atoms with Gasteiger partial charge in [-0.2, -0.15) is 0 Å². The van der Waals surface area contributed by atoms with E-state index in [0.29, 0.717) is 30.2 Å². The molecule has 9 heteroatoms. The molecule has 7 nitrogen and oxygen atoms in total. The Bertz CT molecular complexity index is 808. The molecule has 0 aliphatic carbocycles. The number of benzene rings is 1. The van der Waals surface area contributed by atoms with E-state index in [1.165, 1.54) is 17.0 Å². The third kappa shape index (κ3) is 3.52. The van der Waals surface area contributed by atoms with Gasteiger partial charge in [0.25, 0.3) is 5.91 Å². The van der Waals surface area contributed by atoms with Gasteiger partial charge in [-0.3, -0.25) is 9.59 Å². The van der Waals surface area contributed by atoms with E-state index in [0.717, 1.165) is 17.2 Å². The van der Waals surface area contributed by atoms with Crippen LogP contribution in [-0.4, -0.2) is 71.0 Å². The fourth-order valence-corrected chi connectivity index (χ4v) is 3.59. The summed E-state index contributed by atoms with van der Waals surface area (Å²) in [5.74, 6) is -0.687. The van der Waals surface area contributed by atoms with Crippen LogP contribution in [0.3, 0.4) is 0 Å². The molecule has 2 aromatic rings. The minimum absolute atomic E-state index is 0.153. The van der Waals surface area contributed by atoms with E-state index in [4.69, 9.17) is 0 Å². The summed E-state index contributed by atoms with van der Waals surface area (Å²) in [6, 6.07) is 5.52. The van der Waals surface area contributed by atoms with Gasteiger partial charge in [0.2, 0.25) is 5.91 Å². The second kappa shape index (κ2) is 7.36. The lowest BCUT2D eigenvalue weighted by Gasteiger charge is -2.42. The minimum atomic E-state index is -0.627. The second-order valence-electron chi connectivity index (χ2n) is 6.36. The Hall–Kier alpha value is -2.55. The third-order valence-corrected chi connectivity index (χ3v) is 5.22. The van der Waals surface area contributed by atoms with Crippen molar-refractivity contribution in [3.8, 4) is 0 Å². The first-order valence-electron chi connectivity index (χ1n) is 8.20. The lowest BCUT2D eigenvalue weighted by atomic mass is 10.1. The molecule has 0 bridgehead atoms. The maximum absolute atomic E-state index is 13.2. The van der Waals surface area contributed by atoms with Crippen molar-refractivity contribution in [2.24, 2.45) is 0 Å². The van der Waals surface area contributed by atoms with Crippen LogP contribution in [-0.2, 0) is 4.79 Å². The van der Waals surface area contributed by atoms with Crippen LogP contribution in [0.15, 0.2) is 24.3 Å². The molecule has 2 amide bonds.